The summed E-state index contributed by atoms with van der Waals surface area (Å²) in [5, 5.41) is 0. The third kappa shape index (κ3) is 3.56. The van der Waals surface area contributed by atoms with E-state index in [1.807, 2.05) is 0 Å². The molecular formula is C10H19N3O4S. The van der Waals surface area contributed by atoms with Gasteiger partial charge in [0.15, 0.2) is 0 Å². The molecule has 2 rings (SSSR count). The maximum Gasteiger partial charge on any atom is 0.410 e. The first-order valence-corrected chi connectivity index (χ1v) is 7.60. The lowest BCUT2D eigenvalue weighted by molar-refractivity contribution is 0.133. The number of cyclic esters (lactones) is 1. The molecule has 7 nitrogen and oxygen atoms in total. The molecule has 18 heavy (non-hydrogen) atoms. The van der Waals surface area contributed by atoms with Crippen molar-refractivity contribution in [1.82, 2.24) is 14.3 Å². The Bertz CT molecular complexity index is 419. The van der Waals surface area contributed by atoms with Crippen molar-refractivity contribution in [3.8, 4) is 0 Å². The van der Waals surface area contributed by atoms with Crippen molar-refractivity contribution in [2.45, 2.75) is 44.9 Å². The van der Waals surface area contributed by atoms with Crippen LogP contribution in [0.5, 0.6) is 0 Å². The van der Waals surface area contributed by atoms with Gasteiger partial charge in [-0.25, -0.2) is 4.79 Å². The average molecular weight is 277 g/mol. The summed E-state index contributed by atoms with van der Waals surface area (Å²) < 4.78 is 33.0. The molecule has 2 aliphatic rings. The number of carbonyl (C=O) groups excluding carboxylic acids is 1. The lowest BCUT2D eigenvalue weighted by atomic mass is 10.3. The van der Waals surface area contributed by atoms with Crippen LogP contribution in [0.3, 0.4) is 0 Å². The van der Waals surface area contributed by atoms with Gasteiger partial charge in [-0.2, -0.15) is 17.9 Å². The molecule has 1 aliphatic carbocycles. The quantitative estimate of drug-likeness (QED) is 0.704. The molecule has 0 aromatic carbocycles. The summed E-state index contributed by atoms with van der Waals surface area (Å²) in [5.74, 6) is 0. The second-order valence-electron chi connectivity index (χ2n) is 5.01. The van der Waals surface area contributed by atoms with Crippen LogP contribution >= 0.6 is 0 Å². The Morgan fingerprint density at radius 1 is 1.44 bits per heavy atom. The van der Waals surface area contributed by atoms with Crippen LogP contribution in [0, 0.1) is 0 Å². The van der Waals surface area contributed by atoms with Crippen LogP contribution in [-0.2, 0) is 14.9 Å². The van der Waals surface area contributed by atoms with Gasteiger partial charge < -0.3 is 9.64 Å². The van der Waals surface area contributed by atoms with E-state index in [4.69, 9.17) is 4.74 Å². The number of nitrogens with one attached hydrogen (secondary N) is 2. The number of ether oxygens (including phenoxy) is 1. The topological polar surface area (TPSA) is 87.7 Å². The fraction of sp³-hybridized carbons (Fsp3) is 0.900. The largest absolute Gasteiger partial charge is 0.443 e. The maximum atomic E-state index is 11.5. The Hall–Kier alpha value is -0.860. The van der Waals surface area contributed by atoms with Gasteiger partial charge in [0.25, 0.3) is 10.2 Å². The average Bonchev–Trinajstić information content (AvgIpc) is 2.99. The number of amides is 1. The van der Waals surface area contributed by atoms with E-state index in [9.17, 15) is 13.2 Å². The van der Waals surface area contributed by atoms with Crippen molar-refractivity contribution in [1.29, 1.82) is 0 Å². The minimum Gasteiger partial charge on any atom is -0.443 e. The summed E-state index contributed by atoms with van der Waals surface area (Å²) in [6.45, 7) is 4.05. The summed E-state index contributed by atoms with van der Waals surface area (Å²) in [5.41, 5.74) is 0. The summed E-state index contributed by atoms with van der Waals surface area (Å²) in [6.07, 6.45) is 1.30. The molecule has 1 unspecified atom stereocenters. The zero-order chi connectivity index (χ0) is 13.3. The van der Waals surface area contributed by atoms with E-state index in [2.05, 4.69) is 9.44 Å². The van der Waals surface area contributed by atoms with Crippen LogP contribution in [0.25, 0.3) is 0 Å². The standard InChI is InChI=1S/C10H19N3O4S/c1-7(2)12-18(15,16)11-5-9-6-13(8-3-4-8)10(14)17-9/h7-9,11-12H,3-6H2,1-2H3. The monoisotopic (exact) mass is 277 g/mol. The second-order valence-corrected chi connectivity index (χ2v) is 6.55. The molecule has 1 saturated heterocycles. The fourth-order valence-corrected chi connectivity index (χ4v) is 3.00. The highest BCUT2D eigenvalue weighted by Crippen LogP contribution is 2.30. The van der Waals surface area contributed by atoms with E-state index in [0.717, 1.165) is 12.8 Å². The van der Waals surface area contributed by atoms with E-state index in [-0.39, 0.29) is 18.7 Å². The first-order valence-electron chi connectivity index (χ1n) is 6.11. The highest BCUT2D eigenvalue weighted by Gasteiger charge is 2.41. The van der Waals surface area contributed by atoms with Crippen molar-refractivity contribution in [2.24, 2.45) is 0 Å². The van der Waals surface area contributed by atoms with Crippen molar-refractivity contribution < 1.29 is 17.9 Å². The molecule has 1 amide bonds. The Kier molecular flexibility index (Phi) is 3.79. The molecule has 1 aliphatic heterocycles. The molecule has 0 bridgehead atoms. The van der Waals surface area contributed by atoms with Gasteiger partial charge in [0.1, 0.15) is 6.10 Å². The van der Waals surface area contributed by atoms with Crippen LogP contribution in [0.4, 0.5) is 4.79 Å². The van der Waals surface area contributed by atoms with Crippen molar-refractivity contribution >= 4 is 16.3 Å². The lowest BCUT2D eigenvalue weighted by Crippen LogP contribution is -2.44. The zero-order valence-electron chi connectivity index (χ0n) is 10.5. The Morgan fingerprint density at radius 2 is 2.11 bits per heavy atom. The third-order valence-electron chi connectivity index (χ3n) is 2.78. The van der Waals surface area contributed by atoms with E-state index in [1.54, 1.807) is 18.7 Å². The minimum absolute atomic E-state index is 0.108. The first kappa shape index (κ1) is 13.6. The number of rotatable bonds is 6. The van der Waals surface area contributed by atoms with Gasteiger partial charge in [-0.15, -0.1) is 0 Å². The van der Waals surface area contributed by atoms with Crippen LogP contribution in [0.1, 0.15) is 26.7 Å². The number of nitrogens with zero attached hydrogens (tertiary/aromatic N) is 1. The maximum absolute atomic E-state index is 11.5. The molecule has 0 radical (unpaired) electrons. The summed E-state index contributed by atoms with van der Waals surface area (Å²) in [4.78, 5) is 13.2. The Morgan fingerprint density at radius 3 is 2.67 bits per heavy atom. The SMILES string of the molecule is CC(C)NS(=O)(=O)NCC1CN(C2CC2)C(=O)O1. The van der Waals surface area contributed by atoms with E-state index in [1.165, 1.54) is 0 Å². The van der Waals surface area contributed by atoms with Gasteiger partial charge in [0.2, 0.25) is 0 Å². The van der Waals surface area contributed by atoms with Crippen molar-refractivity contribution in [3.05, 3.63) is 0 Å². The molecule has 0 spiro atoms. The van der Waals surface area contributed by atoms with E-state index in [0.29, 0.717) is 12.6 Å². The van der Waals surface area contributed by atoms with Crippen LogP contribution in [0.15, 0.2) is 0 Å². The van der Waals surface area contributed by atoms with E-state index < -0.39 is 16.3 Å². The minimum atomic E-state index is -3.52. The molecular weight excluding hydrogens is 258 g/mol. The molecule has 2 fully saturated rings. The molecule has 8 heteroatoms. The Balaban J connectivity index is 1.79. The van der Waals surface area contributed by atoms with Gasteiger partial charge in [0.05, 0.1) is 13.1 Å². The third-order valence-corrected chi connectivity index (χ3v) is 4.11. The van der Waals surface area contributed by atoms with Crippen molar-refractivity contribution in [3.63, 3.8) is 0 Å². The van der Waals surface area contributed by atoms with Gasteiger partial charge in [-0.05, 0) is 26.7 Å². The molecule has 2 N–H and O–H groups in total. The lowest BCUT2D eigenvalue weighted by Gasteiger charge is -2.13. The second kappa shape index (κ2) is 5.02. The van der Waals surface area contributed by atoms with Gasteiger partial charge in [-0.1, -0.05) is 0 Å². The molecule has 1 atom stereocenters. The first-order chi connectivity index (χ1) is 8.37. The molecule has 1 saturated carbocycles. The summed E-state index contributed by atoms with van der Waals surface area (Å²) in [6, 6.07) is 0.129. The van der Waals surface area contributed by atoms with Gasteiger partial charge >= 0.3 is 6.09 Å². The predicted octanol–water partition coefficient (Wildman–Crippen LogP) is -0.198. The molecule has 0 aromatic rings. The van der Waals surface area contributed by atoms with Crippen LogP contribution in [-0.4, -0.2) is 50.7 Å². The van der Waals surface area contributed by atoms with Gasteiger partial charge in [0, 0.05) is 12.1 Å². The smallest absolute Gasteiger partial charge is 0.410 e. The van der Waals surface area contributed by atoms with Crippen molar-refractivity contribution in [2.75, 3.05) is 13.1 Å². The summed E-state index contributed by atoms with van der Waals surface area (Å²) in [7, 11) is -3.52. The summed E-state index contributed by atoms with van der Waals surface area (Å²) >= 11 is 0. The number of hydrogen-bond donors (Lipinski definition) is 2. The van der Waals surface area contributed by atoms with Crippen LogP contribution < -0.4 is 9.44 Å². The highest BCUT2D eigenvalue weighted by molar-refractivity contribution is 7.87. The Labute approximate surface area is 107 Å². The predicted molar refractivity (Wildman–Crippen MR) is 65.2 cm³/mol. The normalized spacial score (nSPS) is 24.7. The fourth-order valence-electron chi connectivity index (χ4n) is 1.89. The number of hydrogen-bond acceptors (Lipinski definition) is 4. The zero-order valence-corrected chi connectivity index (χ0v) is 11.4. The van der Waals surface area contributed by atoms with E-state index >= 15 is 0 Å². The highest BCUT2D eigenvalue weighted by atomic mass is 32.2. The molecule has 104 valence electrons. The molecule has 0 aromatic heterocycles. The van der Waals surface area contributed by atoms with Crippen LogP contribution in [0.2, 0.25) is 0 Å². The number of carbonyl (C=O) groups is 1. The van der Waals surface area contributed by atoms with Gasteiger partial charge in [-0.3, -0.25) is 0 Å². The molecule has 1 heterocycles.